The lowest BCUT2D eigenvalue weighted by molar-refractivity contribution is -0.387. The van der Waals surface area contributed by atoms with Crippen LogP contribution in [0.15, 0.2) is 18.2 Å². The van der Waals surface area contributed by atoms with Crippen molar-refractivity contribution in [3.05, 3.63) is 39.7 Å². The van der Waals surface area contributed by atoms with Gasteiger partial charge in [-0.15, -0.1) is 0 Å². The second-order valence-electron chi connectivity index (χ2n) is 4.98. The zero-order valence-electron chi connectivity index (χ0n) is 11.3. The number of benzene rings is 1. The molecule has 0 saturated carbocycles. The molecule has 0 aliphatic carbocycles. The molecule has 1 heterocycles. The fraction of sp³-hybridized carbons (Fsp3) is 0.500. The third kappa shape index (κ3) is 2.79. The highest BCUT2D eigenvalue weighted by molar-refractivity contribution is 5.95. The van der Waals surface area contributed by atoms with E-state index in [2.05, 4.69) is 0 Å². The Balaban J connectivity index is 2.28. The standard InChI is InChI=1S/C14H17FN2O3/c1-2-11-5-3-4-8-16(11)14(18)10-6-7-12(15)13(9-10)17(19)20/h6-7,9,11H,2-5,8H2,1H3. The molecular formula is C14H17FN2O3. The highest BCUT2D eigenvalue weighted by Crippen LogP contribution is 2.24. The lowest BCUT2D eigenvalue weighted by atomic mass is 9.99. The molecule has 1 unspecified atom stereocenters. The first-order chi connectivity index (χ1) is 9.54. The summed E-state index contributed by atoms with van der Waals surface area (Å²) in [7, 11) is 0. The Labute approximate surface area is 116 Å². The van der Waals surface area contributed by atoms with Crippen LogP contribution >= 0.6 is 0 Å². The van der Waals surface area contributed by atoms with E-state index in [1.807, 2.05) is 6.92 Å². The fourth-order valence-corrected chi connectivity index (χ4v) is 2.64. The molecule has 108 valence electrons. The van der Waals surface area contributed by atoms with Crippen LogP contribution in [0.25, 0.3) is 0 Å². The summed E-state index contributed by atoms with van der Waals surface area (Å²) in [5, 5.41) is 10.7. The van der Waals surface area contributed by atoms with Crippen molar-refractivity contribution in [2.45, 2.75) is 38.6 Å². The van der Waals surface area contributed by atoms with E-state index in [1.165, 1.54) is 6.07 Å². The van der Waals surface area contributed by atoms with Crippen LogP contribution < -0.4 is 0 Å². The van der Waals surface area contributed by atoms with E-state index < -0.39 is 16.4 Å². The van der Waals surface area contributed by atoms with Gasteiger partial charge in [0.15, 0.2) is 0 Å². The number of nitrogens with zero attached hydrogens (tertiary/aromatic N) is 2. The predicted octanol–water partition coefficient (Wildman–Crippen LogP) is 3.14. The molecular weight excluding hydrogens is 263 g/mol. The molecule has 0 bridgehead atoms. The molecule has 0 aromatic heterocycles. The number of hydrogen-bond acceptors (Lipinski definition) is 3. The van der Waals surface area contributed by atoms with Crippen molar-refractivity contribution in [3.8, 4) is 0 Å². The molecule has 20 heavy (non-hydrogen) atoms. The van der Waals surface area contributed by atoms with Gasteiger partial charge >= 0.3 is 5.69 Å². The Morgan fingerprint density at radius 2 is 2.25 bits per heavy atom. The van der Waals surface area contributed by atoms with Crippen molar-refractivity contribution < 1.29 is 14.1 Å². The van der Waals surface area contributed by atoms with Gasteiger partial charge in [0, 0.05) is 24.2 Å². The van der Waals surface area contributed by atoms with Crippen LogP contribution in [0.3, 0.4) is 0 Å². The van der Waals surface area contributed by atoms with Crippen molar-refractivity contribution in [1.82, 2.24) is 4.90 Å². The highest BCUT2D eigenvalue weighted by atomic mass is 19.1. The summed E-state index contributed by atoms with van der Waals surface area (Å²) in [5.41, 5.74) is -0.473. The van der Waals surface area contributed by atoms with Crippen LogP contribution in [0.2, 0.25) is 0 Å². The number of rotatable bonds is 3. The first kappa shape index (κ1) is 14.4. The van der Waals surface area contributed by atoms with Gasteiger partial charge < -0.3 is 4.90 Å². The van der Waals surface area contributed by atoms with Gasteiger partial charge in [0.05, 0.1) is 4.92 Å². The van der Waals surface area contributed by atoms with E-state index in [-0.39, 0.29) is 17.5 Å². The normalized spacial score (nSPS) is 18.9. The number of likely N-dealkylation sites (tertiary alicyclic amines) is 1. The minimum absolute atomic E-state index is 0.167. The smallest absolute Gasteiger partial charge is 0.305 e. The lowest BCUT2D eigenvalue weighted by Gasteiger charge is -2.35. The summed E-state index contributed by atoms with van der Waals surface area (Å²) in [6, 6.07) is 3.49. The number of piperidine rings is 1. The number of nitro groups is 1. The number of hydrogen-bond donors (Lipinski definition) is 0. The van der Waals surface area contributed by atoms with Crippen LogP contribution in [0.4, 0.5) is 10.1 Å². The third-order valence-corrected chi connectivity index (χ3v) is 3.75. The molecule has 1 aliphatic rings. The van der Waals surface area contributed by atoms with Crippen molar-refractivity contribution in [2.24, 2.45) is 0 Å². The van der Waals surface area contributed by atoms with Crippen LogP contribution in [0.1, 0.15) is 43.0 Å². The average molecular weight is 280 g/mol. The Kier molecular flexibility index (Phi) is 4.32. The summed E-state index contributed by atoms with van der Waals surface area (Å²) in [4.78, 5) is 24.1. The van der Waals surface area contributed by atoms with Gasteiger partial charge in [0.25, 0.3) is 5.91 Å². The molecule has 1 aliphatic heterocycles. The minimum Gasteiger partial charge on any atom is -0.336 e. The molecule has 0 spiro atoms. The first-order valence-electron chi connectivity index (χ1n) is 6.79. The summed E-state index contributed by atoms with van der Waals surface area (Å²) < 4.78 is 13.3. The maximum atomic E-state index is 13.3. The van der Waals surface area contributed by atoms with Gasteiger partial charge in [-0.3, -0.25) is 14.9 Å². The fourth-order valence-electron chi connectivity index (χ4n) is 2.64. The van der Waals surface area contributed by atoms with E-state index in [4.69, 9.17) is 0 Å². The number of halogens is 1. The zero-order chi connectivity index (χ0) is 14.7. The maximum Gasteiger partial charge on any atom is 0.305 e. The van der Waals surface area contributed by atoms with Crippen molar-refractivity contribution >= 4 is 11.6 Å². The summed E-state index contributed by atoms with van der Waals surface area (Å²) in [6.45, 7) is 2.67. The molecule has 5 nitrogen and oxygen atoms in total. The highest BCUT2D eigenvalue weighted by Gasteiger charge is 2.27. The summed E-state index contributed by atoms with van der Waals surface area (Å²) >= 11 is 0. The van der Waals surface area contributed by atoms with Gasteiger partial charge in [-0.1, -0.05) is 6.92 Å². The number of amides is 1. The van der Waals surface area contributed by atoms with E-state index >= 15 is 0 Å². The number of carbonyl (C=O) groups is 1. The summed E-state index contributed by atoms with van der Waals surface area (Å²) in [5.74, 6) is -1.17. The first-order valence-corrected chi connectivity index (χ1v) is 6.79. The van der Waals surface area contributed by atoms with Crippen LogP contribution in [0.5, 0.6) is 0 Å². The molecule has 1 aromatic carbocycles. The maximum absolute atomic E-state index is 13.3. The second kappa shape index (κ2) is 5.98. The van der Waals surface area contributed by atoms with E-state index in [0.29, 0.717) is 6.54 Å². The molecule has 1 atom stereocenters. The average Bonchev–Trinajstić information content (AvgIpc) is 2.46. The number of carbonyl (C=O) groups excluding carboxylic acids is 1. The molecule has 2 rings (SSSR count). The largest absolute Gasteiger partial charge is 0.336 e. The Bertz CT molecular complexity index is 533. The van der Waals surface area contributed by atoms with E-state index in [1.54, 1.807) is 4.90 Å². The van der Waals surface area contributed by atoms with E-state index in [0.717, 1.165) is 37.8 Å². The monoisotopic (exact) mass is 280 g/mol. The third-order valence-electron chi connectivity index (χ3n) is 3.75. The van der Waals surface area contributed by atoms with Crippen molar-refractivity contribution in [2.75, 3.05) is 6.54 Å². The topological polar surface area (TPSA) is 63.5 Å². The lowest BCUT2D eigenvalue weighted by Crippen LogP contribution is -2.43. The van der Waals surface area contributed by atoms with Gasteiger partial charge in [-0.2, -0.15) is 4.39 Å². The van der Waals surface area contributed by atoms with Crippen LogP contribution in [-0.4, -0.2) is 28.3 Å². The minimum atomic E-state index is -0.919. The van der Waals surface area contributed by atoms with Crippen LogP contribution in [0, 0.1) is 15.9 Å². The molecule has 1 aromatic rings. The SMILES string of the molecule is CCC1CCCCN1C(=O)c1ccc(F)c([N+](=O)[O-])c1. The quantitative estimate of drug-likeness (QED) is 0.631. The van der Waals surface area contributed by atoms with Gasteiger partial charge in [-0.25, -0.2) is 0 Å². The van der Waals surface area contributed by atoms with Gasteiger partial charge in [0.2, 0.25) is 5.82 Å². The summed E-state index contributed by atoms with van der Waals surface area (Å²) in [6.07, 6.45) is 3.83. The molecule has 1 fully saturated rings. The molecule has 0 N–H and O–H groups in total. The van der Waals surface area contributed by atoms with Crippen molar-refractivity contribution in [3.63, 3.8) is 0 Å². The molecule has 1 amide bonds. The number of nitro benzene ring substituents is 1. The predicted molar refractivity (Wildman–Crippen MR) is 72.0 cm³/mol. The molecule has 6 heteroatoms. The van der Waals surface area contributed by atoms with Crippen LogP contribution in [-0.2, 0) is 0 Å². The Morgan fingerprint density at radius 3 is 2.90 bits per heavy atom. The molecule has 0 radical (unpaired) electrons. The second-order valence-corrected chi connectivity index (χ2v) is 4.98. The van der Waals surface area contributed by atoms with Gasteiger partial charge in [-0.05, 0) is 37.8 Å². The van der Waals surface area contributed by atoms with Gasteiger partial charge in [0.1, 0.15) is 0 Å². The van der Waals surface area contributed by atoms with E-state index in [9.17, 15) is 19.3 Å². The van der Waals surface area contributed by atoms with Crippen molar-refractivity contribution in [1.29, 1.82) is 0 Å². The zero-order valence-corrected chi connectivity index (χ0v) is 11.3. The Morgan fingerprint density at radius 1 is 1.50 bits per heavy atom. The Hall–Kier alpha value is -1.98. The molecule has 1 saturated heterocycles.